The molecule has 0 saturated heterocycles. The van der Waals surface area contributed by atoms with Crippen LogP contribution >= 0.6 is 0 Å². The largest absolute Gasteiger partial charge is 0.417 e. The topological polar surface area (TPSA) is 43.5 Å². The molecule has 0 radical (unpaired) electrons. The molecule has 0 bridgehead atoms. The van der Waals surface area contributed by atoms with Gasteiger partial charge in [-0.2, -0.15) is 44.8 Å². The quantitative estimate of drug-likeness (QED) is 0.153. The van der Waals surface area contributed by atoms with Gasteiger partial charge in [-0.25, -0.2) is 0 Å². The lowest BCUT2D eigenvalue weighted by molar-refractivity contribution is -0.138. The summed E-state index contributed by atoms with van der Waals surface area (Å²) in [7, 11) is 0. The van der Waals surface area contributed by atoms with E-state index in [0.717, 1.165) is 112 Å². The van der Waals surface area contributed by atoms with Gasteiger partial charge < -0.3 is 18.3 Å². The molecular weight excluding hydrogens is 1200 g/mol. The molecule has 0 atom stereocenters. The number of hydrogen-bond acceptors (Lipinski definition) is 1. The van der Waals surface area contributed by atoms with Crippen LogP contribution in [0.15, 0.2) is 243 Å². The number of para-hydroxylation sites is 8. The predicted molar refractivity (Wildman–Crippen MR) is 360 cm³/mol. The van der Waals surface area contributed by atoms with E-state index in [2.05, 4.69) is 6.07 Å². The second-order valence-electron chi connectivity index (χ2n) is 23.8. The Morgan fingerprint density at radius 3 is 0.819 bits per heavy atom. The predicted octanol–water partition coefficient (Wildman–Crippen LogP) is 23.3. The summed E-state index contributed by atoms with van der Waals surface area (Å²) in [5.41, 5.74) is 8.28. The first-order chi connectivity index (χ1) is 45.2. The van der Waals surface area contributed by atoms with Crippen LogP contribution in [0.1, 0.15) is 44.5 Å². The van der Waals surface area contributed by atoms with Crippen molar-refractivity contribution in [2.75, 3.05) is 0 Å². The molecule has 0 amide bonds. The molecule has 0 unspecified atom stereocenters. The number of aryl methyl sites for hydroxylation is 4. The highest BCUT2D eigenvalue weighted by Crippen LogP contribution is 2.51. The van der Waals surface area contributed by atoms with Crippen LogP contribution in [0.5, 0.6) is 0 Å². The van der Waals surface area contributed by atoms with Gasteiger partial charge in [0.25, 0.3) is 0 Å². The van der Waals surface area contributed by atoms with Gasteiger partial charge in [-0.15, -0.1) is 0 Å². The zero-order valence-electron chi connectivity index (χ0n) is 50.7. The fourth-order valence-electron chi connectivity index (χ4n) is 14.4. The smallest absolute Gasteiger partial charge is 0.308 e. The van der Waals surface area contributed by atoms with Crippen LogP contribution in [0.3, 0.4) is 0 Å². The molecule has 0 spiro atoms. The van der Waals surface area contributed by atoms with Gasteiger partial charge in [0, 0.05) is 54.2 Å². The van der Waals surface area contributed by atoms with Crippen LogP contribution in [0.4, 0.5) is 39.5 Å². The van der Waals surface area contributed by atoms with Crippen molar-refractivity contribution in [2.45, 2.75) is 46.2 Å². The summed E-state index contributed by atoms with van der Waals surface area (Å²) in [5, 5.41) is 17.5. The van der Waals surface area contributed by atoms with Crippen molar-refractivity contribution < 1.29 is 39.5 Å². The zero-order valence-corrected chi connectivity index (χ0v) is 50.7. The van der Waals surface area contributed by atoms with E-state index >= 15 is 13.2 Å². The fourth-order valence-corrected chi connectivity index (χ4v) is 14.4. The van der Waals surface area contributed by atoms with Crippen molar-refractivity contribution in [3.63, 3.8) is 0 Å². The standard InChI is InChI=1S/C40H26F6N2.C40H26F3N3/c1-23-11-9-16-28-26-13-4-7-19-32(26)47(37(23)28)34-21-25(39(41,42)43)22-35(36(34)30-15-3-6-18-31(30)40(44,45)46)48-33-20-8-5-14-27(33)29-17-10-12-24(2)38(29)48;1-24-11-9-16-29-27-13-4-7-19-33(27)45(38(24)29)35-21-26(23-44)22-36(37(35)31-15-3-6-18-32(31)40(41,42)43)46-34-20-8-5-14-28(34)30-17-10-12-25(2)39(30)46/h3-22H,1-2H3;3-22H,1-2H3. The highest BCUT2D eigenvalue weighted by molar-refractivity contribution is 6.15. The molecule has 4 heterocycles. The van der Waals surface area contributed by atoms with Crippen molar-refractivity contribution in [1.29, 1.82) is 5.26 Å². The van der Waals surface area contributed by atoms with Crippen molar-refractivity contribution in [2.24, 2.45) is 0 Å². The maximum absolute atomic E-state index is 15.0. The zero-order chi connectivity index (χ0) is 65.3. The van der Waals surface area contributed by atoms with Crippen molar-refractivity contribution in [3.8, 4) is 51.1 Å². The minimum atomic E-state index is -4.81. The number of rotatable bonds is 6. The lowest BCUT2D eigenvalue weighted by Gasteiger charge is -2.25. The first-order valence-electron chi connectivity index (χ1n) is 30.4. The monoisotopic (exact) mass is 1250 g/mol. The molecule has 16 rings (SSSR count). The first kappa shape index (κ1) is 59.0. The maximum Gasteiger partial charge on any atom is 0.417 e. The molecule has 0 aliphatic heterocycles. The van der Waals surface area contributed by atoms with Crippen molar-refractivity contribution >= 4 is 87.2 Å². The third kappa shape index (κ3) is 9.31. The molecule has 0 aliphatic rings. The number of alkyl halides is 9. The Balaban J connectivity index is 0.000000155. The summed E-state index contributed by atoms with van der Waals surface area (Å²) in [6.07, 6.45) is -14.2. The van der Waals surface area contributed by atoms with E-state index in [-0.39, 0.29) is 28.1 Å². The number of fused-ring (bicyclic) bond motifs is 12. The number of nitrogens with zero attached hydrogens (tertiary/aromatic N) is 5. The summed E-state index contributed by atoms with van der Waals surface area (Å²) >= 11 is 0. The molecule has 460 valence electrons. The van der Waals surface area contributed by atoms with E-state index in [0.29, 0.717) is 44.6 Å². The molecule has 4 aromatic heterocycles. The molecular formula is C80H52F9N5. The third-order valence-electron chi connectivity index (χ3n) is 18.2. The Morgan fingerprint density at radius 2 is 0.543 bits per heavy atom. The van der Waals surface area contributed by atoms with E-state index < -0.39 is 35.2 Å². The van der Waals surface area contributed by atoms with Crippen molar-refractivity contribution in [3.05, 3.63) is 287 Å². The Labute approximate surface area is 532 Å². The fraction of sp³-hybridized carbons (Fsp3) is 0.0875. The number of halogens is 9. The van der Waals surface area contributed by atoms with Gasteiger partial charge in [0.05, 0.1) is 95.2 Å². The van der Waals surface area contributed by atoms with Gasteiger partial charge >= 0.3 is 18.5 Å². The molecule has 0 fully saturated rings. The highest BCUT2D eigenvalue weighted by atomic mass is 19.4. The van der Waals surface area contributed by atoms with E-state index in [1.165, 1.54) is 24.3 Å². The van der Waals surface area contributed by atoms with Gasteiger partial charge in [-0.05, 0) is 122 Å². The average molecular weight is 1250 g/mol. The lowest BCUT2D eigenvalue weighted by atomic mass is 9.93. The van der Waals surface area contributed by atoms with Gasteiger partial charge in [0.1, 0.15) is 0 Å². The Hall–Kier alpha value is -11.3. The Morgan fingerprint density at radius 1 is 0.287 bits per heavy atom. The molecule has 14 heteroatoms. The minimum Gasteiger partial charge on any atom is -0.308 e. The van der Waals surface area contributed by atoms with Crippen LogP contribution in [0, 0.1) is 39.0 Å². The Bertz CT molecular complexity index is 5560. The van der Waals surface area contributed by atoms with Crippen LogP contribution in [0.25, 0.3) is 132 Å². The summed E-state index contributed by atoms with van der Waals surface area (Å²) in [4.78, 5) is 0. The molecule has 5 nitrogen and oxygen atoms in total. The number of hydrogen-bond donors (Lipinski definition) is 0. The SMILES string of the molecule is Cc1cccc2c3ccccc3n(-c3cc(C#N)cc(-n4c5ccccc5c5cccc(C)c54)c3-c3ccccc3C(F)(F)F)c12.Cc1cccc2c3ccccc3n(-c3cc(C(F)(F)F)cc(-n4c5ccccc5c5cccc(C)c54)c3-c3ccccc3C(F)(F)F)c12. The van der Waals surface area contributed by atoms with Gasteiger partial charge in [-0.3, -0.25) is 0 Å². The lowest BCUT2D eigenvalue weighted by Crippen LogP contribution is -2.13. The summed E-state index contributed by atoms with van der Waals surface area (Å²) in [5.74, 6) is 0. The average Bonchev–Trinajstić information content (AvgIpc) is 1.49. The minimum absolute atomic E-state index is 0.00320. The van der Waals surface area contributed by atoms with E-state index in [4.69, 9.17) is 0 Å². The van der Waals surface area contributed by atoms with Gasteiger partial charge in [0.2, 0.25) is 0 Å². The second-order valence-corrected chi connectivity index (χ2v) is 23.8. The number of nitriles is 1. The maximum atomic E-state index is 15.0. The summed E-state index contributed by atoms with van der Waals surface area (Å²) in [6, 6.07) is 72.3. The summed E-state index contributed by atoms with van der Waals surface area (Å²) in [6.45, 7) is 7.72. The number of aromatic nitrogens is 4. The van der Waals surface area contributed by atoms with Crippen molar-refractivity contribution in [1.82, 2.24) is 18.3 Å². The van der Waals surface area contributed by atoms with E-state index in [9.17, 15) is 31.6 Å². The van der Waals surface area contributed by atoms with Crippen LogP contribution in [-0.2, 0) is 18.5 Å². The van der Waals surface area contributed by atoms with Crippen LogP contribution in [0.2, 0.25) is 0 Å². The normalized spacial score (nSPS) is 12.3. The molecule has 0 aliphatic carbocycles. The second kappa shape index (κ2) is 21.9. The first-order valence-corrected chi connectivity index (χ1v) is 30.4. The van der Waals surface area contributed by atoms with Gasteiger partial charge in [-0.1, -0.05) is 182 Å². The molecule has 16 aromatic rings. The molecule has 94 heavy (non-hydrogen) atoms. The van der Waals surface area contributed by atoms with Gasteiger partial charge in [0.15, 0.2) is 0 Å². The molecule has 12 aromatic carbocycles. The third-order valence-corrected chi connectivity index (χ3v) is 18.2. The van der Waals surface area contributed by atoms with E-state index in [1.807, 2.05) is 182 Å². The highest BCUT2D eigenvalue weighted by Gasteiger charge is 2.39. The Kier molecular flexibility index (Phi) is 13.8. The molecule has 0 N–H and O–H groups in total. The number of benzene rings is 12. The molecule has 0 saturated carbocycles. The van der Waals surface area contributed by atoms with E-state index in [1.54, 1.807) is 57.7 Å². The van der Waals surface area contributed by atoms with Crippen LogP contribution in [-0.4, -0.2) is 18.3 Å². The van der Waals surface area contributed by atoms with Crippen LogP contribution < -0.4 is 0 Å². The summed E-state index contributed by atoms with van der Waals surface area (Å²) < 4.78 is 142.